The van der Waals surface area contributed by atoms with Crippen molar-refractivity contribution >= 4 is 11.6 Å². The average Bonchev–Trinajstić information content (AvgIpc) is 2.58. The molecule has 0 aliphatic rings. The Morgan fingerprint density at radius 1 is 1.04 bits per heavy atom. The fourth-order valence-electron chi connectivity index (χ4n) is 2.32. The minimum absolute atomic E-state index is 0.0561. The molecule has 0 aliphatic heterocycles. The third-order valence-corrected chi connectivity index (χ3v) is 3.81. The van der Waals surface area contributed by atoms with Gasteiger partial charge in [0, 0.05) is 26.3 Å². The zero-order chi connectivity index (χ0) is 17.4. The molecule has 0 saturated heterocycles. The second kappa shape index (κ2) is 8.96. The zero-order valence-electron chi connectivity index (χ0n) is 14.7. The van der Waals surface area contributed by atoms with Gasteiger partial charge < -0.3 is 15.0 Å². The average molecular weight is 326 g/mol. The molecule has 0 bridgehead atoms. The van der Waals surface area contributed by atoms with Gasteiger partial charge in [-0.1, -0.05) is 29.8 Å². The molecule has 2 aromatic carbocycles. The van der Waals surface area contributed by atoms with Gasteiger partial charge in [-0.05, 0) is 49.6 Å². The quantitative estimate of drug-likeness (QED) is 0.758. The smallest absolute Gasteiger partial charge is 0.257 e. The number of carbonyl (C=O) groups is 1. The lowest BCUT2D eigenvalue weighted by molar-refractivity contribution is -0.123. The van der Waals surface area contributed by atoms with Crippen LogP contribution >= 0.6 is 0 Å². The first-order chi connectivity index (χ1) is 11.5. The van der Waals surface area contributed by atoms with Crippen molar-refractivity contribution in [2.75, 3.05) is 32.1 Å². The minimum atomic E-state index is -0.0847. The summed E-state index contributed by atoms with van der Waals surface area (Å²) in [6.07, 6.45) is 1.87. The van der Waals surface area contributed by atoms with Crippen LogP contribution in [0.25, 0.3) is 0 Å². The van der Waals surface area contributed by atoms with Gasteiger partial charge in [0.1, 0.15) is 5.75 Å². The van der Waals surface area contributed by atoms with Gasteiger partial charge in [0.25, 0.3) is 5.91 Å². The van der Waals surface area contributed by atoms with Crippen molar-refractivity contribution in [3.8, 4) is 5.75 Å². The van der Waals surface area contributed by atoms with Gasteiger partial charge in [-0.2, -0.15) is 0 Å². The molecule has 2 rings (SSSR count). The Morgan fingerprint density at radius 3 is 2.33 bits per heavy atom. The molecule has 0 fully saturated rings. The van der Waals surface area contributed by atoms with Crippen molar-refractivity contribution in [3.63, 3.8) is 0 Å². The van der Waals surface area contributed by atoms with E-state index in [4.69, 9.17) is 4.74 Å². The number of benzene rings is 2. The maximum atomic E-state index is 11.8. The number of rotatable bonds is 8. The van der Waals surface area contributed by atoms with Gasteiger partial charge in [-0.25, -0.2) is 0 Å². The van der Waals surface area contributed by atoms with Crippen LogP contribution in [0.2, 0.25) is 0 Å². The van der Waals surface area contributed by atoms with Gasteiger partial charge >= 0.3 is 0 Å². The molecule has 128 valence electrons. The van der Waals surface area contributed by atoms with E-state index >= 15 is 0 Å². The normalized spacial score (nSPS) is 10.3. The van der Waals surface area contributed by atoms with E-state index in [2.05, 4.69) is 34.5 Å². The lowest BCUT2D eigenvalue weighted by atomic mass is 10.1. The third kappa shape index (κ3) is 5.95. The summed E-state index contributed by atoms with van der Waals surface area (Å²) in [5.74, 6) is 0.635. The molecule has 0 radical (unpaired) electrons. The molecule has 0 unspecified atom stereocenters. The molecule has 0 heterocycles. The minimum Gasteiger partial charge on any atom is -0.484 e. The zero-order valence-corrected chi connectivity index (χ0v) is 14.7. The first-order valence-electron chi connectivity index (χ1n) is 8.27. The monoisotopic (exact) mass is 326 g/mol. The van der Waals surface area contributed by atoms with E-state index in [0.717, 1.165) is 18.6 Å². The Bertz CT molecular complexity index is 634. The van der Waals surface area contributed by atoms with Gasteiger partial charge in [-0.3, -0.25) is 4.79 Å². The largest absolute Gasteiger partial charge is 0.484 e. The molecule has 0 atom stereocenters. The fourth-order valence-corrected chi connectivity index (χ4v) is 2.32. The van der Waals surface area contributed by atoms with Crippen LogP contribution < -0.4 is 15.0 Å². The van der Waals surface area contributed by atoms with E-state index in [9.17, 15) is 4.79 Å². The molecule has 24 heavy (non-hydrogen) atoms. The van der Waals surface area contributed by atoms with Gasteiger partial charge in [0.2, 0.25) is 0 Å². The Morgan fingerprint density at radius 2 is 1.71 bits per heavy atom. The van der Waals surface area contributed by atoms with Crippen LogP contribution in [0.15, 0.2) is 48.5 Å². The third-order valence-electron chi connectivity index (χ3n) is 3.81. The number of aryl methyl sites for hydroxylation is 2. The molecule has 0 saturated carbocycles. The number of nitrogens with zero attached hydrogens (tertiary/aromatic N) is 1. The lowest BCUT2D eigenvalue weighted by Crippen LogP contribution is -2.29. The van der Waals surface area contributed by atoms with E-state index < -0.39 is 0 Å². The summed E-state index contributed by atoms with van der Waals surface area (Å²) in [4.78, 5) is 13.9. The van der Waals surface area contributed by atoms with Crippen molar-refractivity contribution in [1.82, 2.24) is 5.32 Å². The summed E-state index contributed by atoms with van der Waals surface area (Å²) >= 11 is 0. The first-order valence-corrected chi connectivity index (χ1v) is 8.27. The number of amides is 1. The van der Waals surface area contributed by atoms with Gasteiger partial charge in [-0.15, -0.1) is 0 Å². The van der Waals surface area contributed by atoms with E-state index in [0.29, 0.717) is 6.54 Å². The molecule has 0 spiro atoms. The molecule has 1 amide bonds. The summed E-state index contributed by atoms with van der Waals surface area (Å²) < 4.78 is 5.46. The maximum Gasteiger partial charge on any atom is 0.257 e. The number of hydrogen-bond acceptors (Lipinski definition) is 3. The predicted molar refractivity (Wildman–Crippen MR) is 98.8 cm³/mol. The number of anilines is 1. The second-order valence-electron chi connectivity index (χ2n) is 6.12. The molecule has 0 aliphatic carbocycles. The highest BCUT2D eigenvalue weighted by molar-refractivity contribution is 5.77. The van der Waals surface area contributed by atoms with Crippen molar-refractivity contribution < 1.29 is 9.53 Å². The molecule has 2 aromatic rings. The number of carbonyl (C=O) groups excluding carboxylic acids is 1. The highest BCUT2D eigenvalue weighted by Crippen LogP contribution is 2.13. The first kappa shape index (κ1) is 17.9. The number of nitrogens with one attached hydrogen (secondary N) is 1. The van der Waals surface area contributed by atoms with E-state index in [1.807, 2.05) is 45.3 Å². The Hall–Kier alpha value is -2.49. The highest BCUT2D eigenvalue weighted by Gasteiger charge is 2.02. The van der Waals surface area contributed by atoms with Crippen LogP contribution in [0, 0.1) is 6.92 Å². The summed E-state index contributed by atoms with van der Waals surface area (Å²) in [5, 5.41) is 2.89. The molecule has 1 N–H and O–H groups in total. The summed E-state index contributed by atoms with van der Waals surface area (Å²) in [7, 11) is 4.06. The lowest BCUT2D eigenvalue weighted by Gasteiger charge is -2.12. The standard InChI is InChI=1S/C20H26N2O2/c1-16-6-12-19(13-7-16)24-15-20(23)21-14-4-5-17-8-10-18(11-9-17)22(2)3/h6-13H,4-5,14-15H2,1-3H3,(H,21,23). The van der Waals surface area contributed by atoms with E-state index in [-0.39, 0.29) is 12.5 Å². The SMILES string of the molecule is Cc1ccc(OCC(=O)NCCCc2ccc(N(C)C)cc2)cc1. The number of ether oxygens (including phenoxy) is 1. The van der Waals surface area contributed by atoms with Crippen LogP contribution in [0.5, 0.6) is 5.75 Å². The van der Waals surface area contributed by atoms with Crippen molar-refractivity contribution in [2.45, 2.75) is 19.8 Å². The maximum absolute atomic E-state index is 11.8. The van der Waals surface area contributed by atoms with Crippen LogP contribution in [0.3, 0.4) is 0 Å². The van der Waals surface area contributed by atoms with E-state index in [1.165, 1.54) is 16.8 Å². The molecule has 4 heteroatoms. The predicted octanol–water partition coefficient (Wildman–Crippen LogP) is 3.19. The Balaban J connectivity index is 1.63. The highest BCUT2D eigenvalue weighted by atomic mass is 16.5. The Labute approximate surface area is 144 Å². The van der Waals surface area contributed by atoms with Crippen LogP contribution in [-0.2, 0) is 11.2 Å². The molecular weight excluding hydrogens is 300 g/mol. The number of hydrogen-bond donors (Lipinski definition) is 1. The topological polar surface area (TPSA) is 41.6 Å². The van der Waals surface area contributed by atoms with Crippen molar-refractivity contribution in [1.29, 1.82) is 0 Å². The summed E-state index contributed by atoms with van der Waals surface area (Å²) in [5.41, 5.74) is 3.65. The second-order valence-corrected chi connectivity index (χ2v) is 6.12. The van der Waals surface area contributed by atoms with Crippen LogP contribution in [-0.4, -0.2) is 33.2 Å². The van der Waals surface area contributed by atoms with Crippen LogP contribution in [0.4, 0.5) is 5.69 Å². The Kier molecular flexibility index (Phi) is 6.67. The summed E-state index contributed by atoms with van der Waals surface area (Å²) in [6.45, 7) is 2.73. The van der Waals surface area contributed by atoms with Crippen molar-refractivity contribution in [3.05, 3.63) is 59.7 Å². The van der Waals surface area contributed by atoms with Gasteiger partial charge in [0.15, 0.2) is 6.61 Å². The van der Waals surface area contributed by atoms with Gasteiger partial charge in [0.05, 0.1) is 0 Å². The van der Waals surface area contributed by atoms with E-state index in [1.54, 1.807) is 0 Å². The summed E-state index contributed by atoms with van der Waals surface area (Å²) in [6, 6.07) is 16.2. The molecular formula is C20H26N2O2. The molecule has 0 aromatic heterocycles. The fraction of sp³-hybridized carbons (Fsp3) is 0.350. The molecule has 4 nitrogen and oxygen atoms in total. The van der Waals surface area contributed by atoms with Crippen LogP contribution in [0.1, 0.15) is 17.5 Å². The van der Waals surface area contributed by atoms with Crippen molar-refractivity contribution in [2.24, 2.45) is 0 Å².